The number of anilines is 2. The maximum Gasteiger partial charge on any atom is 0.419 e. The molecule has 2 N–H and O–H groups in total. The van der Waals surface area contributed by atoms with E-state index in [0.717, 1.165) is 18.4 Å². The van der Waals surface area contributed by atoms with Crippen molar-refractivity contribution < 1.29 is 26.7 Å². The van der Waals surface area contributed by atoms with E-state index in [-0.39, 0.29) is 41.6 Å². The Kier molecular flexibility index (Phi) is 6.04. The lowest BCUT2D eigenvalue weighted by molar-refractivity contribution is -0.140. The van der Waals surface area contributed by atoms with Crippen LogP contribution in [0.5, 0.6) is 0 Å². The molecule has 3 aliphatic rings. The van der Waals surface area contributed by atoms with Crippen molar-refractivity contribution in [2.24, 2.45) is 0 Å². The zero-order valence-corrected chi connectivity index (χ0v) is 20.8. The maximum atomic E-state index is 15.0. The van der Waals surface area contributed by atoms with Crippen LogP contribution in [0.4, 0.5) is 33.5 Å². The molecule has 1 aliphatic carbocycles. The first-order valence-corrected chi connectivity index (χ1v) is 12.8. The second kappa shape index (κ2) is 9.18. The number of alkyl halides is 3. The molecule has 38 heavy (non-hydrogen) atoms. The summed E-state index contributed by atoms with van der Waals surface area (Å²) in [5, 5.41) is 10.9. The van der Waals surface area contributed by atoms with Crippen LogP contribution in [0, 0.1) is 11.6 Å². The Hall–Kier alpha value is -3.28. The van der Waals surface area contributed by atoms with Gasteiger partial charge in [0.25, 0.3) is 0 Å². The molecular weight excluding hydrogens is 507 g/mol. The largest absolute Gasteiger partial charge is 0.419 e. The molecule has 7 nitrogen and oxygen atoms in total. The fraction of sp³-hybridized carbons (Fsp3) is 0.500. The molecule has 1 aromatic carbocycles. The minimum absolute atomic E-state index is 0.0381. The van der Waals surface area contributed by atoms with Crippen molar-refractivity contribution in [2.75, 3.05) is 17.2 Å². The number of hydrogen-bond acceptors (Lipinski definition) is 6. The van der Waals surface area contributed by atoms with Crippen molar-refractivity contribution in [3.8, 4) is 11.3 Å². The maximum absolute atomic E-state index is 15.0. The van der Waals surface area contributed by atoms with Crippen molar-refractivity contribution in [3.05, 3.63) is 53.1 Å². The molecule has 1 saturated heterocycles. The minimum Gasteiger partial charge on any atom is -0.376 e. The van der Waals surface area contributed by atoms with Gasteiger partial charge in [-0.15, -0.1) is 0 Å². The summed E-state index contributed by atoms with van der Waals surface area (Å²) >= 11 is 0. The van der Waals surface area contributed by atoms with Crippen LogP contribution in [-0.4, -0.2) is 38.4 Å². The van der Waals surface area contributed by atoms with Gasteiger partial charge in [0.05, 0.1) is 23.9 Å². The molecule has 2 fully saturated rings. The summed E-state index contributed by atoms with van der Waals surface area (Å²) in [5.41, 5.74) is -0.798. The highest BCUT2D eigenvalue weighted by Crippen LogP contribution is 2.44. The summed E-state index contributed by atoms with van der Waals surface area (Å²) in [7, 11) is 0. The van der Waals surface area contributed by atoms with Gasteiger partial charge in [0.15, 0.2) is 5.82 Å². The Balaban J connectivity index is 1.41. The lowest BCUT2D eigenvalue weighted by Gasteiger charge is -2.34. The van der Waals surface area contributed by atoms with Crippen molar-refractivity contribution in [3.63, 3.8) is 0 Å². The van der Waals surface area contributed by atoms with E-state index >= 15 is 4.39 Å². The molecular formula is C26H27F5N6O. The standard InChI is InChI=1S/C26H27F5N6O/c1-12-13(2)34-25-23(33-12)22(17-8-18(26(29,30)31)20(28)9-19(17)27)35-24(36-25)14-5-6-38-21(7-14)15-10-32-37(11-15)16-3-4-16/h8-14,16,21,33H,3-7H2,1-2H3,(H,34,35,36)/t12?,13?,14?,21-/m1/s1. The van der Waals surface area contributed by atoms with Gasteiger partial charge in [-0.25, -0.2) is 18.7 Å². The van der Waals surface area contributed by atoms with Crippen LogP contribution in [0.25, 0.3) is 11.3 Å². The smallest absolute Gasteiger partial charge is 0.376 e. The summed E-state index contributed by atoms with van der Waals surface area (Å²) in [5.74, 6) is -2.25. The average molecular weight is 535 g/mol. The monoisotopic (exact) mass is 534 g/mol. The van der Waals surface area contributed by atoms with E-state index in [1.807, 2.05) is 24.7 Å². The number of nitrogens with one attached hydrogen (secondary N) is 2. The number of halogens is 5. The van der Waals surface area contributed by atoms with Gasteiger partial charge in [0.2, 0.25) is 0 Å². The third kappa shape index (κ3) is 4.59. The molecule has 3 aromatic rings. The number of fused-ring (bicyclic) bond motifs is 1. The van der Waals surface area contributed by atoms with E-state index in [4.69, 9.17) is 9.72 Å². The van der Waals surface area contributed by atoms with Crippen molar-refractivity contribution in [1.29, 1.82) is 0 Å². The van der Waals surface area contributed by atoms with Gasteiger partial charge in [-0.2, -0.15) is 18.3 Å². The van der Waals surface area contributed by atoms with Crippen LogP contribution >= 0.6 is 0 Å². The van der Waals surface area contributed by atoms with Gasteiger partial charge >= 0.3 is 6.18 Å². The van der Waals surface area contributed by atoms with Gasteiger partial charge in [-0.1, -0.05) is 0 Å². The van der Waals surface area contributed by atoms with E-state index in [1.54, 1.807) is 6.20 Å². The highest BCUT2D eigenvalue weighted by Gasteiger charge is 2.37. The topological polar surface area (TPSA) is 76.9 Å². The summed E-state index contributed by atoms with van der Waals surface area (Å²) in [6.45, 7) is 4.25. The molecule has 2 aliphatic heterocycles. The lowest BCUT2D eigenvalue weighted by atomic mass is 9.91. The highest BCUT2D eigenvalue weighted by molar-refractivity contribution is 5.84. The molecule has 3 unspecified atom stereocenters. The third-order valence-corrected chi connectivity index (χ3v) is 7.59. The Morgan fingerprint density at radius 3 is 2.50 bits per heavy atom. The molecule has 1 saturated carbocycles. The minimum atomic E-state index is -4.99. The summed E-state index contributed by atoms with van der Waals surface area (Å²) in [6, 6.07) is 0.983. The first-order chi connectivity index (χ1) is 18.1. The Morgan fingerprint density at radius 1 is 1.00 bits per heavy atom. The second-order valence-electron chi connectivity index (χ2n) is 10.4. The van der Waals surface area contributed by atoms with Crippen LogP contribution in [0.3, 0.4) is 0 Å². The van der Waals surface area contributed by atoms with Gasteiger partial charge in [0, 0.05) is 48.0 Å². The molecule has 4 atom stereocenters. The van der Waals surface area contributed by atoms with Crippen LogP contribution in [0.1, 0.15) is 74.5 Å². The number of benzene rings is 1. The molecule has 0 bridgehead atoms. The van der Waals surface area contributed by atoms with Gasteiger partial charge < -0.3 is 15.4 Å². The van der Waals surface area contributed by atoms with Crippen LogP contribution in [0.15, 0.2) is 24.5 Å². The van der Waals surface area contributed by atoms with Crippen LogP contribution in [-0.2, 0) is 10.9 Å². The summed E-state index contributed by atoms with van der Waals surface area (Å²) in [6.07, 6.45) is 1.89. The predicted octanol–water partition coefficient (Wildman–Crippen LogP) is 6.22. The lowest BCUT2D eigenvalue weighted by Crippen LogP contribution is -2.40. The first-order valence-electron chi connectivity index (χ1n) is 12.8. The zero-order chi connectivity index (χ0) is 26.8. The fourth-order valence-corrected chi connectivity index (χ4v) is 5.06. The first kappa shape index (κ1) is 25.0. The number of hydrogen-bond donors (Lipinski definition) is 2. The van der Waals surface area contributed by atoms with E-state index < -0.39 is 28.9 Å². The van der Waals surface area contributed by atoms with Gasteiger partial charge in [-0.05, 0) is 45.6 Å². The number of nitrogens with zero attached hydrogens (tertiary/aromatic N) is 4. The zero-order valence-electron chi connectivity index (χ0n) is 20.8. The molecule has 6 rings (SSSR count). The molecule has 0 spiro atoms. The number of aromatic nitrogens is 4. The van der Waals surface area contributed by atoms with Gasteiger partial charge in [-0.3, -0.25) is 4.68 Å². The summed E-state index contributed by atoms with van der Waals surface area (Å²) < 4.78 is 77.6. The molecule has 0 amide bonds. The molecule has 0 radical (unpaired) electrons. The van der Waals surface area contributed by atoms with E-state index in [2.05, 4.69) is 20.7 Å². The van der Waals surface area contributed by atoms with E-state index in [1.165, 1.54) is 0 Å². The van der Waals surface area contributed by atoms with Gasteiger partial charge in [0.1, 0.15) is 28.8 Å². The summed E-state index contributed by atoms with van der Waals surface area (Å²) in [4.78, 5) is 9.32. The van der Waals surface area contributed by atoms with Crippen LogP contribution < -0.4 is 10.6 Å². The Bertz CT molecular complexity index is 1370. The van der Waals surface area contributed by atoms with Crippen molar-refractivity contribution >= 4 is 11.5 Å². The highest BCUT2D eigenvalue weighted by atomic mass is 19.4. The Morgan fingerprint density at radius 2 is 1.76 bits per heavy atom. The van der Waals surface area contributed by atoms with E-state index in [0.29, 0.717) is 43.2 Å². The van der Waals surface area contributed by atoms with Crippen LogP contribution in [0.2, 0.25) is 0 Å². The molecule has 2 aromatic heterocycles. The quantitative estimate of drug-likeness (QED) is 0.387. The normalized spacial score (nSPS) is 25.4. The molecule has 4 heterocycles. The number of rotatable bonds is 4. The SMILES string of the molecule is CC1Nc2nc(C3CCO[C@@H](c4cnn(C5CC5)c4)C3)nc(-c3cc(C(F)(F)F)c(F)cc3F)c2NC1C. The average Bonchev–Trinajstić information content (AvgIpc) is 3.60. The third-order valence-electron chi connectivity index (χ3n) is 7.59. The number of ether oxygens (including phenoxy) is 1. The second-order valence-corrected chi connectivity index (χ2v) is 10.4. The predicted molar refractivity (Wildman–Crippen MR) is 130 cm³/mol. The van der Waals surface area contributed by atoms with Crippen molar-refractivity contribution in [1.82, 2.24) is 19.7 Å². The Labute approximate surface area is 215 Å². The van der Waals surface area contributed by atoms with E-state index in [9.17, 15) is 17.6 Å². The molecule has 202 valence electrons. The van der Waals surface area contributed by atoms with Crippen molar-refractivity contribution in [2.45, 2.75) is 75.9 Å². The molecule has 12 heteroatoms. The fourth-order valence-electron chi connectivity index (χ4n) is 5.06.